The first-order valence-electron chi connectivity index (χ1n) is 5.06. The maximum atomic E-state index is 11.5. The Morgan fingerprint density at radius 3 is 2.69 bits per heavy atom. The van der Waals surface area contributed by atoms with Crippen molar-refractivity contribution >= 4 is 0 Å². The van der Waals surface area contributed by atoms with E-state index in [1.54, 1.807) is 26.2 Å². The maximum absolute atomic E-state index is 11.5. The second kappa shape index (κ2) is 3.89. The normalized spacial score (nSPS) is 10.4. The van der Waals surface area contributed by atoms with Gasteiger partial charge in [-0.1, -0.05) is 0 Å². The minimum Gasteiger partial charge on any atom is -0.268 e. The third kappa shape index (κ3) is 1.74. The van der Waals surface area contributed by atoms with E-state index in [-0.39, 0.29) is 5.56 Å². The van der Waals surface area contributed by atoms with Gasteiger partial charge in [0.05, 0.1) is 5.69 Å². The molecule has 0 spiro atoms. The Labute approximate surface area is 93.6 Å². The number of hydrogen-bond donors (Lipinski definition) is 0. The summed E-state index contributed by atoms with van der Waals surface area (Å²) in [4.78, 5) is 15.7. The molecule has 82 valence electrons. The van der Waals surface area contributed by atoms with Crippen LogP contribution in [0.15, 0.2) is 29.2 Å². The second-order valence-electron chi connectivity index (χ2n) is 3.78. The monoisotopic (exact) mass is 215 g/mol. The molecule has 0 N–H and O–H groups in total. The number of rotatable bonds is 1. The van der Waals surface area contributed by atoms with E-state index in [2.05, 4.69) is 10.1 Å². The Kier molecular flexibility index (Phi) is 2.56. The van der Waals surface area contributed by atoms with Crippen molar-refractivity contribution in [1.82, 2.24) is 14.8 Å². The van der Waals surface area contributed by atoms with Crippen LogP contribution in [0.2, 0.25) is 0 Å². The molecule has 4 nitrogen and oxygen atoms in total. The first-order chi connectivity index (χ1) is 7.59. The number of aryl methyl sites for hydroxylation is 3. The third-order valence-corrected chi connectivity index (χ3v) is 2.53. The summed E-state index contributed by atoms with van der Waals surface area (Å²) in [6, 6.07) is 5.62. The van der Waals surface area contributed by atoms with E-state index in [4.69, 9.17) is 0 Å². The van der Waals surface area contributed by atoms with E-state index in [1.807, 2.05) is 19.1 Å². The van der Waals surface area contributed by atoms with Crippen molar-refractivity contribution in [2.75, 3.05) is 0 Å². The maximum Gasteiger partial charge on any atom is 0.269 e. The van der Waals surface area contributed by atoms with Gasteiger partial charge in [-0.15, -0.1) is 0 Å². The van der Waals surface area contributed by atoms with Crippen LogP contribution in [0.25, 0.3) is 11.3 Å². The molecule has 0 fully saturated rings. The third-order valence-electron chi connectivity index (χ3n) is 2.53. The van der Waals surface area contributed by atoms with Crippen molar-refractivity contribution < 1.29 is 0 Å². The van der Waals surface area contributed by atoms with Gasteiger partial charge in [0.15, 0.2) is 0 Å². The van der Waals surface area contributed by atoms with Crippen LogP contribution < -0.4 is 5.56 Å². The number of hydrogen-bond acceptors (Lipinski definition) is 3. The van der Waals surface area contributed by atoms with Gasteiger partial charge in [0.2, 0.25) is 0 Å². The van der Waals surface area contributed by atoms with Gasteiger partial charge < -0.3 is 0 Å². The van der Waals surface area contributed by atoms with Crippen molar-refractivity contribution in [1.29, 1.82) is 0 Å². The molecular weight excluding hydrogens is 202 g/mol. The van der Waals surface area contributed by atoms with E-state index >= 15 is 0 Å². The standard InChI is InChI=1S/C12H13N3O/c1-8-7-11(14-15(3)12(8)16)10-5-4-6-13-9(10)2/h4-7H,1-3H3. The molecule has 0 unspecified atom stereocenters. The Hall–Kier alpha value is -1.97. The molecule has 0 aliphatic heterocycles. The van der Waals surface area contributed by atoms with E-state index < -0.39 is 0 Å². The smallest absolute Gasteiger partial charge is 0.268 e. The Morgan fingerprint density at radius 2 is 2.06 bits per heavy atom. The Bertz CT molecular complexity index is 561. The summed E-state index contributed by atoms with van der Waals surface area (Å²) in [6.07, 6.45) is 1.74. The SMILES string of the molecule is Cc1ncccc1-c1cc(C)c(=O)n(C)n1. The van der Waals surface area contributed by atoms with Gasteiger partial charge in [-0.05, 0) is 32.0 Å². The lowest BCUT2D eigenvalue weighted by atomic mass is 10.1. The van der Waals surface area contributed by atoms with Crippen LogP contribution >= 0.6 is 0 Å². The Balaban J connectivity index is 2.67. The van der Waals surface area contributed by atoms with E-state index in [0.717, 1.165) is 17.0 Å². The zero-order valence-corrected chi connectivity index (χ0v) is 9.56. The molecule has 4 heteroatoms. The number of nitrogens with zero attached hydrogens (tertiary/aromatic N) is 3. The van der Waals surface area contributed by atoms with E-state index in [9.17, 15) is 4.79 Å². The highest BCUT2D eigenvalue weighted by atomic mass is 16.1. The predicted molar refractivity (Wildman–Crippen MR) is 62.2 cm³/mol. The summed E-state index contributed by atoms with van der Waals surface area (Å²) in [5, 5.41) is 4.23. The molecule has 0 aliphatic rings. The molecule has 2 heterocycles. The molecule has 0 saturated carbocycles. The number of aromatic nitrogens is 3. The van der Waals surface area contributed by atoms with Gasteiger partial charge in [0.1, 0.15) is 0 Å². The predicted octanol–water partition coefficient (Wildman–Crippen LogP) is 1.46. The molecule has 0 saturated heterocycles. The molecule has 0 aromatic carbocycles. The van der Waals surface area contributed by atoms with Crippen LogP contribution in [0.5, 0.6) is 0 Å². The van der Waals surface area contributed by atoms with Crippen molar-refractivity contribution in [3.05, 3.63) is 46.0 Å². The lowest BCUT2D eigenvalue weighted by molar-refractivity contribution is 0.704. The fourth-order valence-corrected chi connectivity index (χ4v) is 1.64. The van der Waals surface area contributed by atoms with Gasteiger partial charge in [0, 0.05) is 30.1 Å². The Morgan fingerprint density at radius 1 is 1.31 bits per heavy atom. The fraction of sp³-hybridized carbons (Fsp3) is 0.250. The van der Waals surface area contributed by atoms with Gasteiger partial charge >= 0.3 is 0 Å². The average Bonchev–Trinajstić information content (AvgIpc) is 2.26. The molecule has 0 radical (unpaired) electrons. The van der Waals surface area contributed by atoms with Gasteiger partial charge in [0.25, 0.3) is 5.56 Å². The van der Waals surface area contributed by atoms with E-state index in [0.29, 0.717) is 5.56 Å². The van der Waals surface area contributed by atoms with Crippen LogP contribution in [0.4, 0.5) is 0 Å². The van der Waals surface area contributed by atoms with Crippen molar-refractivity contribution in [2.45, 2.75) is 13.8 Å². The molecule has 16 heavy (non-hydrogen) atoms. The summed E-state index contributed by atoms with van der Waals surface area (Å²) in [7, 11) is 1.66. The van der Waals surface area contributed by atoms with Gasteiger partial charge in [-0.2, -0.15) is 5.10 Å². The molecule has 0 aliphatic carbocycles. The molecular formula is C12H13N3O. The molecule has 2 aromatic rings. The first-order valence-corrected chi connectivity index (χ1v) is 5.06. The quantitative estimate of drug-likeness (QED) is 0.723. The minimum absolute atomic E-state index is 0.0645. The van der Waals surface area contributed by atoms with Crippen molar-refractivity contribution in [3.8, 4) is 11.3 Å². The van der Waals surface area contributed by atoms with Crippen molar-refractivity contribution in [3.63, 3.8) is 0 Å². The zero-order valence-electron chi connectivity index (χ0n) is 9.56. The topological polar surface area (TPSA) is 47.8 Å². The lowest BCUT2D eigenvalue weighted by Crippen LogP contribution is -2.22. The summed E-state index contributed by atoms with van der Waals surface area (Å²) >= 11 is 0. The molecule has 0 atom stereocenters. The highest BCUT2D eigenvalue weighted by Crippen LogP contribution is 2.18. The van der Waals surface area contributed by atoms with Crippen LogP contribution in [0.3, 0.4) is 0 Å². The molecule has 0 amide bonds. The summed E-state index contributed by atoms with van der Waals surface area (Å²) in [6.45, 7) is 3.72. The minimum atomic E-state index is -0.0645. The zero-order chi connectivity index (χ0) is 11.7. The second-order valence-corrected chi connectivity index (χ2v) is 3.78. The van der Waals surface area contributed by atoms with Crippen LogP contribution in [-0.2, 0) is 7.05 Å². The highest BCUT2D eigenvalue weighted by Gasteiger charge is 2.07. The highest BCUT2D eigenvalue weighted by molar-refractivity contribution is 5.61. The molecule has 2 rings (SSSR count). The molecule has 0 bridgehead atoms. The van der Waals surface area contributed by atoms with Crippen molar-refractivity contribution in [2.24, 2.45) is 7.05 Å². The average molecular weight is 215 g/mol. The van der Waals surface area contributed by atoms with E-state index in [1.165, 1.54) is 4.68 Å². The first kappa shape index (κ1) is 10.5. The van der Waals surface area contributed by atoms with Gasteiger partial charge in [-0.25, -0.2) is 4.68 Å². The van der Waals surface area contributed by atoms with Crippen LogP contribution in [-0.4, -0.2) is 14.8 Å². The summed E-state index contributed by atoms with van der Waals surface area (Å²) in [5.74, 6) is 0. The summed E-state index contributed by atoms with van der Waals surface area (Å²) < 4.78 is 1.36. The summed E-state index contributed by atoms with van der Waals surface area (Å²) in [5.41, 5.74) is 3.28. The lowest BCUT2D eigenvalue weighted by Gasteiger charge is -2.06. The molecule has 2 aromatic heterocycles. The number of pyridine rings is 1. The van der Waals surface area contributed by atoms with Crippen LogP contribution in [0.1, 0.15) is 11.3 Å². The fourth-order valence-electron chi connectivity index (χ4n) is 1.64. The van der Waals surface area contributed by atoms with Crippen LogP contribution in [0, 0.1) is 13.8 Å². The van der Waals surface area contributed by atoms with Gasteiger partial charge in [-0.3, -0.25) is 9.78 Å². The largest absolute Gasteiger partial charge is 0.269 e.